The molecule has 0 unspecified atom stereocenters. The van der Waals surface area contributed by atoms with Crippen LogP contribution in [0.1, 0.15) is 206 Å². The Bertz CT molecular complexity index is 887. The third kappa shape index (κ3) is 27.3. The second kappa shape index (κ2) is 35.4. The Morgan fingerprint density at radius 1 is 0.423 bits per heavy atom. The molecule has 304 valence electrons. The van der Waals surface area contributed by atoms with Crippen molar-refractivity contribution in [1.29, 1.82) is 0 Å². The van der Waals surface area contributed by atoms with Crippen molar-refractivity contribution >= 4 is 0 Å². The van der Waals surface area contributed by atoms with Crippen molar-refractivity contribution in [1.82, 2.24) is 9.80 Å². The lowest BCUT2D eigenvalue weighted by molar-refractivity contribution is 0.101. The maximum absolute atomic E-state index is 9.24. The molecule has 1 fully saturated rings. The topological polar surface area (TPSA) is 45.2 Å². The number of piperazine rings is 1. The van der Waals surface area contributed by atoms with Gasteiger partial charge in [0.15, 0.2) is 0 Å². The fourth-order valence-corrected chi connectivity index (χ4v) is 7.80. The van der Waals surface area contributed by atoms with Crippen LogP contribution in [-0.4, -0.2) is 74.0 Å². The molecule has 52 heavy (non-hydrogen) atoms. The van der Waals surface area contributed by atoms with Gasteiger partial charge in [-0.25, -0.2) is 0 Å². The van der Waals surface area contributed by atoms with Crippen LogP contribution >= 0.6 is 0 Å². The normalized spacial score (nSPS) is 14.0. The van der Waals surface area contributed by atoms with Gasteiger partial charge in [0.25, 0.3) is 0 Å². The van der Waals surface area contributed by atoms with Gasteiger partial charge in [0.05, 0.1) is 13.2 Å². The third-order valence-electron chi connectivity index (χ3n) is 11.3. The molecule has 1 aromatic rings. The molecule has 5 heteroatoms. The van der Waals surface area contributed by atoms with Gasteiger partial charge in [-0.05, 0) is 37.0 Å². The number of hydrogen-bond acceptors (Lipinski definition) is 5. The second-order valence-electron chi connectivity index (χ2n) is 16.2. The van der Waals surface area contributed by atoms with Gasteiger partial charge < -0.3 is 14.6 Å². The standard InChI is InChI=1S/C47H88N2O3/c1-3-5-7-9-11-13-15-17-18-19-21-23-25-27-29-31-40-51-46-42-45(32-30-28-26-24-22-20-16-14-12-10-8-6-4-2)43-47(44-46)52-41-38-49-35-33-48(34-36-49)37-39-50/h42-44,50H,3-41H2,1-2H3. The Kier molecular flexibility index (Phi) is 31.9. The van der Waals surface area contributed by atoms with E-state index in [1.807, 2.05) is 0 Å². The van der Waals surface area contributed by atoms with Gasteiger partial charge in [0.2, 0.25) is 0 Å². The largest absolute Gasteiger partial charge is 0.493 e. The fourth-order valence-electron chi connectivity index (χ4n) is 7.80. The molecule has 2 rings (SSSR count). The van der Waals surface area contributed by atoms with Crippen molar-refractivity contribution in [3.05, 3.63) is 23.8 Å². The first-order valence-electron chi connectivity index (χ1n) is 23.2. The molecule has 1 saturated heterocycles. The number of aryl methyl sites for hydroxylation is 1. The van der Waals surface area contributed by atoms with Crippen LogP contribution in [0, 0.1) is 0 Å². The number of aliphatic hydroxyl groups is 1. The predicted molar refractivity (Wildman–Crippen MR) is 226 cm³/mol. The molecular weight excluding hydrogens is 641 g/mol. The average molecular weight is 729 g/mol. The van der Waals surface area contributed by atoms with E-state index in [4.69, 9.17) is 9.47 Å². The molecule has 0 amide bonds. The summed E-state index contributed by atoms with van der Waals surface area (Å²) in [5, 5.41) is 9.24. The predicted octanol–water partition coefficient (Wildman–Crippen LogP) is 12.9. The maximum Gasteiger partial charge on any atom is 0.123 e. The van der Waals surface area contributed by atoms with E-state index >= 15 is 0 Å². The summed E-state index contributed by atoms with van der Waals surface area (Å²) in [5.74, 6) is 1.95. The summed E-state index contributed by atoms with van der Waals surface area (Å²) < 4.78 is 12.7. The number of unbranched alkanes of at least 4 members (excludes halogenated alkanes) is 27. The zero-order chi connectivity index (χ0) is 37.0. The monoisotopic (exact) mass is 729 g/mol. The van der Waals surface area contributed by atoms with Gasteiger partial charge >= 0.3 is 0 Å². The summed E-state index contributed by atoms with van der Waals surface area (Å²) in [7, 11) is 0. The van der Waals surface area contributed by atoms with E-state index in [2.05, 4.69) is 41.8 Å². The van der Waals surface area contributed by atoms with E-state index < -0.39 is 0 Å². The SMILES string of the molecule is CCCCCCCCCCCCCCCCCCOc1cc(CCCCCCCCCCCCCCC)cc(OCCN2CCN(CCO)CC2)c1. The van der Waals surface area contributed by atoms with E-state index in [1.165, 1.54) is 185 Å². The molecule has 0 bridgehead atoms. The molecule has 0 aliphatic carbocycles. The number of nitrogens with zero attached hydrogens (tertiary/aromatic N) is 2. The quantitative estimate of drug-likeness (QED) is 0.0687. The first kappa shape index (κ1) is 46.9. The zero-order valence-corrected chi connectivity index (χ0v) is 35.0. The highest BCUT2D eigenvalue weighted by molar-refractivity contribution is 5.38. The average Bonchev–Trinajstić information content (AvgIpc) is 3.15. The van der Waals surface area contributed by atoms with Crippen LogP contribution in [0.5, 0.6) is 11.5 Å². The van der Waals surface area contributed by atoms with Crippen LogP contribution in [0.2, 0.25) is 0 Å². The highest BCUT2D eigenvalue weighted by Crippen LogP contribution is 2.25. The molecule has 5 nitrogen and oxygen atoms in total. The Balaban J connectivity index is 1.61. The van der Waals surface area contributed by atoms with E-state index in [0.29, 0.717) is 6.61 Å². The number of β-amino-alcohol motifs (C(OH)–C–C–N with tert-alkyl or cyclic N) is 1. The third-order valence-corrected chi connectivity index (χ3v) is 11.3. The molecule has 1 aromatic carbocycles. The van der Waals surface area contributed by atoms with Crippen molar-refractivity contribution in [3.63, 3.8) is 0 Å². The van der Waals surface area contributed by atoms with Crippen LogP contribution < -0.4 is 9.47 Å². The molecule has 0 saturated carbocycles. The maximum atomic E-state index is 9.24. The minimum Gasteiger partial charge on any atom is -0.493 e. The van der Waals surface area contributed by atoms with Crippen molar-refractivity contribution in [3.8, 4) is 11.5 Å². The summed E-state index contributed by atoms with van der Waals surface area (Å²) >= 11 is 0. The van der Waals surface area contributed by atoms with Gasteiger partial charge in [0.1, 0.15) is 18.1 Å². The summed E-state index contributed by atoms with van der Waals surface area (Å²) in [6.07, 6.45) is 41.5. The Morgan fingerprint density at radius 2 is 0.769 bits per heavy atom. The molecule has 0 spiro atoms. The summed E-state index contributed by atoms with van der Waals surface area (Å²) in [6.45, 7) is 12.3. The molecule has 1 heterocycles. The van der Waals surface area contributed by atoms with Crippen LogP contribution in [0.25, 0.3) is 0 Å². The minimum absolute atomic E-state index is 0.253. The molecule has 0 atom stereocenters. The fraction of sp³-hybridized carbons (Fsp3) is 0.872. The first-order valence-corrected chi connectivity index (χ1v) is 23.2. The van der Waals surface area contributed by atoms with Crippen LogP contribution in [-0.2, 0) is 6.42 Å². The number of hydrogen-bond donors (Lipinski definition) is 1. The first-order chi connectivity index (χ1) is 25.7. The Hall–Kier alpha value is -1.30. The lowest BCUT2D eigenvalue weighted by Gasteiger charge is -2.34. The van der Waals surface area contributed by atoms with Gasteiger partial charge in [-0.1, -0.05) is 187 Å². The van der Waals surface area contributed by atoms with E-state index in [0.717, 1.165) is 70.2 Å². The van der Waals surface area contributed by atoms with Crippen LogP contribution in [0.4, 0.5) is 0 Å². The van der Waals surface area contributed by atoms with E-state index in [-0.39, 0.29) is 6.61 Å². The van der Waals surface area contributed by atoms with Gasteiger partial charge in [0, 0.05) is 45.3 Å². The molecule has 1 N–H and O–H groups in total. The van der Waals surface area contributed by atoms with E-state index in [1.54, 1.807) is 0 Å². The van der Waals surface area contributed by atoms with Crippen molar-refractivity contribution in [2.45, 2.75) is 206 Å². The Morgan fingerprint density at radius 3 is 1.17 bits per heavy atom. The molecule has 1 aliphatic rings. The van der Waals surface area contributed by atoms with Crippen LogP contribution in [0.3, 0.4) is 0 Å². The second-order valence-corrected chi connectivity index (χ2v) is 16.2. The Labute approximate surface area is 324 Å². The van der Waals surface area contributed by atoms with Gasteiger partial charge in [-0.2, -0.15) is 0 Å². The lowest BCUT2D eigenvalue weighted by Crippen LogP contribution is -2.48. The summed E-state index contributed by atoms with van der Waals surface area (Å²) in [4.78, 5) is 4.83. The van der Waals surface area contributed by atoms with Crippen molar-refractivity contribution in [2.24, 2.45) is 0 Å². The highest BCUT2D eigenvalue weighted by Gasteiger charge is 2.16. The summed E-state index contributed by atoms with van der Waals surface area (Å²) in [5.41, 5.74) is 1.36. The molecule has 0 radical (unpaired) electrons. The smallest absolute Gasteiger partial charge is 0.123 e. The number of benzene rings is 1. The number of aliphatic hydroxyl groups excluding tert-OH is 1. The number of rotatable bonds is 38. The van der Waals surface area contributed by atoms with Crippen LogP contribution in [0.15, 0.2) is 18.2 Å². The number of ether oxygens (including phenoxy) is 2. The zero-order valence-electron chi connectivity index (χ0n) is 35.0. The van der Waals surface area contributed by atoms with Crippen molar-refractivity contribution < 1.29 is 14.6 Å². The highest BCUT2D eigenvalue weighted by atomic mass is 16.5. The molecular formula is C47H88N2O3. The van der Waals surface area contributed by atoms with E-state index in [9.17, 15) is 5.11 Å². The molecule has 1 aliphatic heterocycles. The van der Waals surface area contributed by atoms with Gasteiger partial charge in [-0.15, -0.1) is 0 Å². The summed E-state index contributed by atoms with van der Waals surface area (Å²) in [6, 6.07) is 6.67. The molecule has 0 aromatic heterocycles. The van der Waals surface area contributed by atoms with Crippen molar-refractivity contribution in [2.75, 3.05) is 59.1 Å². The lowest BCUT2D eigenvalue weighted by atomic mass is 10.0. The minimum atomic E-state index is 0.253. The van der Waals surface area contributed by atoms with Gasteiger partial charge in [-0.3, -0.25) is 9.80 Å².